The summed E-state index contributed by atoms with van der Waals surface area (Å²) < 4.78 is 10.5. The molecule has 0 fully saturated rings. The van der Waals surface area contributed by atoms with Crippen LogP contribution in [-0.2, 0) is 11.2 Å². The van der Waals surface area contributed by atoms with E-state index in [1.54, 1.807) is 0 Å². The Morgan fingerprint density at radius 1 is 1.23 bits per heavy atom. The van der Waals surface area contributed by atoms with E-state index in [2.05, 4.69) is 13.8 Å². The second kappa shape index (κ2) is 7.31. The van der Waals surface area contributed by atoms with Crippen molar-refractivity contribution in [2.24, 2.45) is 0 Å². The van der Waals surface area contributed by atoms with Gasteiger partial charge < -0.3 is 15.2 Å². The number of methoxy groups -OCH3 is 1. The predicted octanol–water partition coefficient (Wildman–Crippen LogP) is 4.14. The Morgan fingerprint density at radius 3 is 2.45 bits per heavy atom. The van der Waals surface area contributed by atoms with Crippen LogP contribution in [0.1, 0.15) is 35.5 Å². The summed E-state index contributed by atoms with van der Waals surface area (Å²) in [6.07, 6.45) is 1.78. The lowest BCUT2D eigenvalue weighted by Crippen LogP contribution is -2.05. The van der Waals surface area contributed by atoms with Crippen LogP contribution in [0.2, 0.25) is 0 Å². The number of thiophene rings is 1. The fourth-order valence-electron chi connectivity index (χ4n) is 2.29. The Bertz CT molecular complexity index is 647. The molecule has 4 nitrogen and oxygen atoms in total. The van der Waals surface area contributed by atoms with Gasteiger partial charge in [-0.3, -0.25) is 0 Å². The topological polar surface area (TPSA) is 61.5 Å². The maximum Gasteiger partial charge on any atom is 0.341 e. The highest BCUT2D eigenvalue weighted by Crippen LogP contribution is 2.39. The number of aryl methyl sites for hydroxylation is 1. The molecule has 22 heavy (non-hydrogen) atoms. The Balaban J connectivity index is 2.44. The van der Waals surface area contributed by atoms with E-state index in [0.717, 1.165) is 34.6 Å². The molecular weight excluding hydrogens is 298 g/mol. The monoisotopic (exact) mass is 319 g/mol. The highest BCUT2D eigenvalue weighted by Gasteiger charge is 2.23. The molecule has 0 atom stereocenters. The predicted molar refractivity (Wildman–Crippen MR) is 90.7 cm³/mol. The van der Waals surface area contributed by atoms with Crippen molar-refractivity contribution >= 4 is 22.3 Å². The first-order valence-electron chi connectivity index (χ1n) is 7.35. The molecule has 2 rings (SSSR count). The second-order valence-electron chi connectivity index (χ2n) is 4.86. The summed E-state index contributed by atoms with van der Waals surface area (Å²) in [6, 6.07) is 7.74. The molecule has 0 unspecified atom stereocenters. The average molecular weight is 319 g/mol. The van der Waals surface area contributed by atoms with Gasteiger partial charge in [-0.2, -0.15) is 0 Å². The molecule has 0 aliphatic rings. The summed E-state index contributed by atoms with van der Waals surface area (Å²) in [4.78, 5) is 13.1. The lowest BCUT2D eigenvalue weighted by atomic mass is 10.00. The zero-order chi connectivity index (χ0) is 16.1. The molecule has 1 aromatic heterocycles. The minimum atomic E-state index is -0.394. The third kappa shape index (κ3) is 3.25. The third-order valence-corrected chi connectivity index (χ3v) is 4.50. The van der Waals surface area contributed by atoms with Gasteiger partial charge in [0.05, 0.1) is 13.7 Å². The van der Waals surface area contributed by atoms with Crippen molar-refractivity contribution in [2.75, 3.05) is 19.5 Å². The van der Waals surface area contributed by atoms with Crippen LogP contribution in [-0.4, -0.2) is 19.7 Å². The number of esters is 1. The third-order valence-electron chi connectivity index (χ3n) is 3.33. The first-order valence-corrected chi connectivity index (χ1v) is 8.16. The Morgan fingerprint density at radius 2 is 1.91 bits per heavy atom. The molecule has 0 radical (unpaired) electrons. The fraction of sp³-hybridized carbons (Fsp3) is 0.353. The number of carbonyl (C=O) groups is 1. The van der Waals surface area contributed by atoms with Gasteiger partial charge in [0.2, 0.25) is 0 Å². The summed E-state index contributed by atoms with van der Waals surface area (Å²) in [5, 5.41) is 0.505. The van der Waals surface area contributed by atoms with Crippen LogP contribution in [0.4, 0.5) is 5.00 Å². The molecule has 0 aliphatic carbocycles. The normalized spacial score (nSPS) is 10.5. The van der Waals surface area contributed by atoms with Crippen LogP contribution in [0.25, 0.3) is 11.1 Å². The molecule has 0 saturated carbocycles. The van der Waals surface area contributed by atoms with Crippen molar-refractivity contribution in [2.45, 2.75) is 26.7 Å². The van der Waals surface area contributed by atoms with E-state index in [9.17, 15) is 4.79 Å². The van der Waals surface area contributed by atoms with Gasteiger partial charge in [0, 0.05) is 10.4 Å². The van der Waals surface area contributed by atoms with E-state index in [4.69, 9.17) is 15.2 Å². The van der Waals surface area contributed by atoms with Crippen LogP contribution in [0, 0.1) is 0 Å². The largest absolute Gasteiger partial charge is 0.494 e. The number of hydrogen-bond acceptors (Lipinski definition) is 5. The summed E-state index contributed by atoms with van der Waals surface area (Å²) in [7, 11) is 1.37. The fourth-order valence-corrected chi connectivity index (χ4v) is 3.31. The standard InChI is InChI=1S/C17H21NO3S/c1-4-10-21-12-8-6-11(7-9-12)14-13(5-2)22-16(18)15(14)17(19)20-3/h6-9H,4-5,10,18H2,1-3H3. The number of hydrogen-bond donors (Lipinski definition) is 1. The minimum absolute atomic E-state index is 0.394. The molecule has 1 heterocycles. The van der Waals surface area contributed by atoms with Crippen molar-refractivity contribution in [1.82, 2.24) is 0 Å². The van der Waals surface area contributed by atoms with E-state index in [0.29, 0.717) is 17.2 Å². The number of carbonyl (C=O) groups excluding carboxylic acids is 1. The van der Waals surface area contributed by atoms with E-state index in [-0.39, 0.29) is 0 Å². The maximum atomic E-state index is 12.0. The number of benzene rings is 1. The summed E-state index contributed by atoms with van der Waals surface area (Å²) in [6.45, 7) is 4.81. The van der Waals surface area contributed by atoms with E-state index >= 15 is 0 Å². The van der Waals surface area contributed by atoms with Crippen molar-refractivity contribution in [3.05, 3.63) is 34.7 Å². The molecule has 5 heteroatoms. The zero-order valence-corrected chi connectivity index (χ0v) is 14.0. The van der Waals surface area contributed by atoms with Crippen molar-refractivity contribution < 1.29 is 14.3 Å². The van der Waals surface area contributed by atoms with Crippen molar-refractivity contribution in [1.29, 1.82) is 0 Å². The summed E-state index contributed by atoms with van der Waals surface area (Å²) in [5.74, 6) is 0.432. The molecule has 118 valence electrons. The van der Waals surface area contributed by atoms with Gasteiger partial charge in [0.25, 0.3) is 0 Å². The van der Waals surface area contributed by atoms with Gasteiger partial charge in [-0.25, -0.2) is 4.79 Å². The van der Waals surface area contributed by atoms with Gasteiger partial charge in [-0.05, 0) is 30.5 Å². The molecule has 2 N–H and O–H groups in total. The number of anilines is 1. The number of rotatable bonds is 6. The van der Waals surface area contributed by atoms with Gasteiger partial charge in [0.1, 0.15) is 16.3 Å². The molecule has 1 aromatic carbocycles. The lowest BCUT2D eigenvalue weighted by Gasteiger charge is -2.08. The minimum Gasteiger partial charge on any atom is -0.494 e. The van der Waals surface area contributed by atoms with Crippen molar-refractivity contribution in [3.63, 3.8) is 0 Å². The Kier molecular flexibility index (Phi) is 5.44. The molecule has 2 aromatic rings. The second-order valence-corrected chi connectivity index (χ2v) is 5.99. The van der Waals surface area contributed by atoms with E-state index in [1.165, 1.54) is 18.4 Å². The molecule has 0 amide bonds. The Labute approximate surface area is 134 Å². The number of nitrogens with two attached hydrogens (primary N) is 1. The maximum absolute atomic E-state index is 12.0. The van der Waals surface area contributed by atoms with Crippen LogP contribution in [0.15, 0.2) is 24.3 Å². The smallest absolute Gasteiger partial charge is 0.341 e. The summed E-state index contributed by atoms with van der Waals surface area (Å²) in [5.41, 5.74) is 8.31. The molecule has 0 saturated heterocycles. The van der Waals surface area contributed by atoms with E-state index < -0.39 is 5.97 Å². The molecule has 0 bridgehead atoms. The quantitative estimate of drug-likeness (QED) is 0.813. The van der Waals surface area contributed by atoms with Crippen LogP contribution >= 0.6 is 11.3 Å². The SMILES string of the molecule is CCCOc1ccc(-c2c(CC)sc(N)c2C(=O)OC)cc1. The van der Waals surface area contributed by atoms with Crippen LogP contribution in [0.3, 0.4) is 0 Å². The number of ether oxygens (including phenoxy) is 2. The number of nitrogen functional groups attached to an aromatic ring is 1. The van der Waals surface area contributed by atoms with Crippen LogP contribution < -0.4 is 10.5 Å². The molecular formula is C17H21NO3S. The molecule has 0 spiro atoms. The van der Waals surface area contributed by atoms with Gasteiger partial charge in [0.15, 0.2) is 0 Å². The summed E-state index contributed by atoms with van der Waals surface area (Å²) >= 11 is 1.44. The zero-order valence-electron chi connectivity index (χ0n) is 13.1. The lowest BCUT2D eigenvalue weighted by molar-refractivity contribution is 0.0603. The average Bonchev–Trinajstić information content (AvgIpc) is 2.89. The Hall–Kier alpha value is -2.01. The van der Waals surface area contributed by atoms with Gasteiger partial charge >= 0.3 is 5.97 Å². The first kappa shape index (κ1) is 16.4. The highest BCUT2D eigenvalue weighted by atomic mass is 32.1. The van der Waals surface area contributed by atoms with Gasteiger partial charge in [-0.15, -0.1) is 11.3 Å². The van der Waals surface area contributed by atoms with Gasteiger partial charge in [-0.1, -0.05) is 26.0 Å². The highest BCUT2D eigenvalue weighted by molar-refractivity contribution is 7.17. The first-order chi connectivity index (χ1) is 10.6. The van der Waals surface area contributed by atoms with Crippen LogP contribution in [0.5, 0.6) is 5.75 Å². The van der Waals surface area contributed by atoms with Crippen molar-refractivity contribution in [3.8, 4) is 16.9 Å². The van der Waals surface area contributed by atoms with E-state index in [1.807, 2.05) is 24.3 Å². The molecule has 0 aliphatic heterocycles.